The first-order valence-corrected chi connectivity index (χ1v) is 7.93. The fourth-order valence-electron chi connectivity index (χ4n) is 2.99. The second-order valence-corrected chi connectivity index (χ2v) is 6.26. The Balaban J connectivity index is 1.69. The first-order valence-electron chi connectivity index (χ1n) is 7.93. The molecule has 2 heterocycles. The Kier molecular flexibility index (Phi) is 4.52. The first kappa shape index (κ1) is 15.2. The second kappa shape index (κ2) is 6.57. The number of halogens is 1. The number of hydrogen-bond donors (Lipinski definition) is 1. The molecule has 1 N–H and O–H groups in total. The molecule has 1 saturated heterocycles. The largest absolute Gasteiger partial charge is 0.339 e. The Bertz CT molecular complexity index is 635. The highest BCUT2D eigenvalue weighted by atomic mass is 19.1. The molecule has 1 aromatic carbocycles. The van der Waals surface area contributed by atoms with Crippen molar-refractivity contribution in [3.8, 4) is 11.4 Å². The summed E-state index contributed by atoms with van der Waals surface area (Å²) in [4.78, 5) is 4.42. The summed E-state index contributed by atoms with van der Waals surface area (Å²) in [5.74, 6) is 2.00. The van der Waals surface area contributed by atoms with Crippen molar-refractivity contribution in [2.45, 2.75) is 33.1 Å². The fraction of sp³-hybridized carbons (Fsp3) is 0.529. The lowest BCUT2D eigenvalue weighted by Gasteiger charge is -2.27. The molecule has 2 atom stereocenters. The summed E-state index contributed by atoms with van der Waals surface area (Å²) < 4.78 is 19.0. The molecule has 0 bridgehead atoms. The lowest BCUT2D eigenvalue weighted by atomic mass is 9.85. The van der Waals surface area contributed by atoms with Gasteiger partial charge in [-0.3, -0.25) is 0 Å². The molecule has 0 saturated carbocycles. The zero-order valence-corrected chi connectivity index (χ0v) is 13.1. The van der Waals surface area contributed by atoms with E-state index in [1.165, 1.54) is 18.9 Å². The van der Waals surface area contributed by atoms with Crippen LogP contribution in [-0.4, -0.2) is 23.2 Å². The summed E-state index contributed by atoms with van der Waals surface area (Å²) in [6.07, 6.45) is 3.25. The smallest absolute Gasteiger partial charge is 0.227 e. The van der Waals surface area contributed by atoms with Gasteiger partial charge in [-0.25, -0.2) is 4.39 Å². The second-order valence-electron chi connectivity index (χ2n) is 6.26. The van der Waals surface area contributed by atoms with E-state index in [-0.39, 0.29) is 5.82 Å². The Labute approximate surface area is 130 Å². The maximum absolute atomic E-state index is 13.6. The number of aryl methyl sites for hydroxylation is 1. The number of nitrogens with zero attached hydrogens (tertiary/aromatic N) is 2. The van der Waals surface area contributed by atoms with Gasteiger partial charge in [-0.1, -0.05) is 24.2 Å². The predicted molar refractivity (Wildman–Crippen MR) is 82.9 cm³/mol. The maximum atomic E-state index is 13.6. The minimum atomic E-state index is -0.245. The van der Waals surface area contributed by atoms with E-state index >= 15 is 0 Å². The quantitative estimate of drug-likeness (QED) is 0.941. The van der Waals surface area contributed by atoms with Gasteiger partial charge in [0.25, 0.3) is 0 Å². The van der Waals surface area contributed by atoms with Gasteiger partial charge in [-0.15, -0.1) is 0 Å². The van der Waals surface area contributed by atoms with Gasteiger partial charge < -0.3 is 9.84 Å². The number of benzene rings is 1. The summed E-state index contributed by atoms with van der Waals surface area (Å²) in [6.45, 7) is 6.14. The molecule has 118 valence electrons. The third-order valence-corrected chi connectivity index (χ3v) is 4.53. The van der Waals surface area contributed by atoms with Crippen LogP contribution in [-0.2, 0) is 6.42 Å². The monoisotopic (exact) mass is 303 g/mol. The highest BCUT2D eigenvalue weighted by molar-refractivity contribution is 5.54. The Morgan fingerprint density at radius 2 is 2.32 bits per heavy atom. The van der Waals surface area contributed by atoms with Crippen LogP contribution in [0.2, 0.25) is 0 Å². The summed E-state index contributed by atoms with van der Waals surface area (Å²) in [6, 6.07) is 5.01. The average Bonchev–Trinajstić information content (AvgIpc) is 2.99. The van der Waals surface area contributed by atoms with Crippen LogP contribution in [0.3, 0.4) is 0 Å². The number of nitrogens with one attached hydrogen (secondary N) is 1. The van der Waals surface area contributed by atoms with Gasteiger partial charge in [-0.05, 0) is 56.3 Å². The molecule has 22 heavy (non-hydrogen) atoms. The van der Waals surface area contributed by atoms with Crippen LogP contribution in [0.25, 0.3) is 11.4 Å². The van der Waals surface area contributed by atoms with E-state index in [1.54, 1.807) is 13.0 Å². The van der Waals surface area contributed by atoms with Crippen molar-refractivity contribution < 1.29 is 8.91 Å². The van der Waals surface area contributed by atoms with E-state index in [9.17, 15) is 4.39 Å². The van der Waals surface area contributed by atoms with Gasteiger partial charge >= 0.3 is 0 Å². The SMILES string of the molecule is Cc1ccc(-c2noc(CC(C)C3CCCNC3)n2)cc1F. The molecule has 1 aromatic heterocycles. The molecular weight excluding hydrogens is 281 g/mol. The molecule has 4 nitrogen and oxygen atoms in total. The lowest BCUT2D eigenvalue weighted by Crippen LogP contribution is -2.33. The molecule has 5 heteroatoms. The zero-order chi connectivity index (χ0) is 15.5. The number of aromatic nitrogens is 2. The van der Waals surface area contributed by atoms with E-state index in [2.05, 4.69) is 22.4 Å². The Morgan fingerprint density at radius 3 is 3.05 bits per heavy atom. The molecule has 1 fully saturated rings. The Morgan fingerprint density at radius 1 is 1.45 bits per heavy atom. The molecule has 2 unspecified atom stereocenters. The Hall–Kier alpha value is -1.75. The van der Waals surface area contributed by atoms with Crippen molar-refractivity contribution in [1.29, 1.82) is 0 Å². The van der Waals surface area contributed by atoms with Crippen molar-refractivity contribution in [3.05, 3.63) is 35.5 Å². The minimum absolute atomic E-state index is 0.245. The van der Waals surface area contributed by atoms with Crippen LogP contribution in [0.4, 0.5) is 4.39 Å². The average molecular weight is 303 g/mol. The van der Waals surface area contributed by atoms with Crippen molar-refractivity contribution >= 4 is 0 Å². The van der Waals surface area contributed by atoms with Gasteiger partial charge in [0.1, 0.15) is 5.82 Å². The van der Waals surface area contributed by atoms with Crippen molar-refractivity contribution in [3.63, 3.8) is 0 Å². The molecular formula is C17H22FN3O. The number of rotatable bonds is 4. The predicted octanol–water partition coefficient (Wildman–Crippen LogP) is 3.36. The maximum Gasteiger partial charge on any atom is 0.227 e. The lowest BCUT2D eigenvalue weighted by molar-refractivity contribution is 0.257. The minimum Gasteiger partial charge on any atom is -0.339 e. The summed E-state index contributed by atoms with van der Waals surface area (Å²) in [5.41, 5.74) is 1.27. The van der Waals surface area contributed by atoms with E-state index in [0.29, 0.717) is 34.7 Å². The highest BCUT2D eigenvalue weighted by Gasteiger charge is 2.22. The van der Waals surface area contributed by atoms with Gasteiger partial charge in [0.2, 0.25) is 11.7 Å². The van der Waals surface area contributed by atoms with Crippen molar-refractivity contribution in [1.82, 2.24) is 15.5 Å². The summed E-state index contributed by atoms with van der Waals surface area (Å²) >= 11 is 0. The third kappa shape index (κ3) is 3.35. The highest BCUT2D eigenvalue weighted by Crippen LogP contribution is 2.24. The molecule has 0 spiro atoms. The van der Waals surface area contributed by atoms with Crippen molar-refractivity contribution in [2.24, 2.45) is 11.8 Å². The normalized spacial score (nSPS) is 20.0. The summed E-state index contributed by atoms with van der Waals surface area (Å²) in [7, 11) is 0. The molecule has 0 radical (unpaired) electrons. The van der Waals surface area contributed by atoms with Crippen LogP contribution >= 0.6 is 0 Å². The molecule has 0 amide bonds. The van der Waals surface area contributed by atoms with Gasteiger partial charge in [0.15, 0.2) is 0 Å². The van der Waals surface area contributed by atoms with Crippen LogP contribution < -0.4 is 5.32 Å². The number of hydrogen-bond acceptors (Lipinski definition) is 4. The van der Waals surface area contributed by atoms with E-state index in [1.807, 2.05) is 6.07 Å². The molecule has 0 aliphatic carbocycles. The molecule has 2 aromatic rings. The van der Waals surface area contributed by atoms with Crippen LogP contribution in [0.15, 0.2) is 22.7 Å². The van der Waals surface area contributed by atoms with Crippen LogP contribution in [0, 0.1) is 24.6 Å². The molecule has 3 rings (SSSR count). The van der Waals surface area contributed by atoms with E-state index < -0.39 is 0 Å². The van der Waals surface area contributed by atoms with Crippen LogP contribution in [0.5, 0.6) is 0 Å². The molecule has 1 aliphatic rings. The first-order chi connectivity index (χ1) is 10.6. The van der Waals surface area contributed by atoms with Gasteiger partial charge in [0.05, 0.1) is 0 Å². The number of piperidine rings is 1. The van der Waals surface area contributed by atoms with Crippen LogP contribution in [0.1, 0.15) is 31.2 Å². The van der Waals surface area contributed by atoms with Gasteiger partial charge in [0, 0.05) is 12.0 Å². The van der Waals surface area contributed by atoms with Crippen molar-refractivity contribution in [2.75, 3.05) is 13.1 Å². The van der Waals surface area contributed by atoms with E-state index in [4.69, 9.17) is 4.52 Å². The topological polar surface area (TPSA) is 51.0 Å². The van der Waals surface area contributed by atoms with E-state index in [0.717, 1.165) is 19.5 Å². The van der Waals surface area contributed by atoms with Gasteiger partial charge in [-0.2, -0.15) is 4.98 Å². The molecule has 1 aliphatic heterocycles. The fourth-order valence-corrected chi connectivity index (χ4v) is 2.99. The zero-order valence-electron chi connectivity index (χ0n) is 13.1. The third-order valence-electron chi connectivity index (χ3n) is 4.53. The standard InChI is InChI=1S/C17H22FN3O/c1-11-5-6-13(9-15(11)18)17-20-16(22-21-17)8-12(2)14-4-3-7-19-10-14/h5-6,9,12,14,19H,3-4,7-8,10H2,1-2H3. The summed E-state index contributed by atoms with van der Waals surface area (Å²) in [5, 5.41) is 7.42.